The van der Waals surface area contributed by atoms with Gasteiger partial charge in [0.05, 0.1) is 11.5 Å². The molecule has 1 atom stereocenters. The quantitative estimate of drug-likeness (QED) is 0.592. The first-order chi connectivity index (χ1) is 11.4. The smallest absolute Gasteiger partial charge is 0.292 e. The lowest BCUT2D eigenvalue weighted by atomic mass is 10.1. The lowest BCUT2D eigenvalue weighted by molar-refractivity contribution is -0.383. The fraction of sp³-hybridized carbons (Fsp3) is 0.188. The SMILES string of the molecule is C[C@H](NCC(=O)Nc1ccccc1[N+](=O)[O-])c1ccc(Cl)cc1Cl. The highest BCUT2D eigenvalue weighted by molar-refractivity contribution is 6.35. The van der Waals surface area contributed by atoms with E-state index in [2.05, 4.69) is 10.6 Å². The highest BCUT2D eigenvalue weighted by Crippen LogP contribution is 2.26. The van der Waals surface area contributed by atoms with Crippen molar-refractivity contribution >= 4 is 40.5 Å². The number of para-hydroxylation sites is 2. The highest BCUT2D eigenvalue weighted by atomic mass is 35.5. The summed E-state index contributed by atoms with van der Waals surface area (Å²) in [4.78, 5) is 22.4. The molecule has 0 radical (unpaired) electrons. The number of hydrogen-bond donors (Lipinski definition) is 2. The minimum atomic E-state index is -0.543. The van der Waals surface area contributed by atoms with Crippen LogP contribution in [0.4, 0.5) is 11.4 Å². The van der Waals surface area contributed by atoms with Crippen LogP contribution in [0.1, 0.15) is 18.5 Å². The van der Waals surface area contributed by atoms with E-state index >= 15 is 0 Å². The molecule has 0 aliphatic carbocycles. The van der Waals surface area contributed by atoms with Crippen LogP contribution >= 0.6 is 23.2 Å². The van der Waals surface area contributed by atoms with E-state index in [4.69, 9.17) is 23.2 Å². The van der Waals surface area contributed by atoms with E-state index in [1.807, 2.05) is 6.92 Å². The van der Waals surface area contributed by atoms with Gasteiger partial charge in [-0.05, 0) is 30.7 Å². The van der Waals surface area contributed by atoms with Gasteiger partial charge in [0.15, 0.2) is 0 Å². The lowest BCUT2D eigenvalue weighted by Crippen LogP contribution is -2.30. The summed E-state index contributed by atoms with van der Waals surface area (Å²) in [5, 5.41) is 17.5. The molecule has 0 aliphatic heterocycles. The van der Waals surface area contributed by atoms with Crippen molar-refractivity contribution in [2.24, 2.45) is 0 Å². The second-order valence-corrected chi connectivity index (χ2v) is 5.93. The van der Waals surface area contributed by atoms with Gasteiger partial charge in [0.25, 0.3) is 5.69 Å². The zero-order chi connectivity index (χ0) is 17.7. The Morgan fingerprint density at radius 2 is 1.96 bits per heavy atom. The lowest BCUT2D eigenvalue weighted by Gasteiger charge is -2.15. The summed E-state index contributed by atoms with van der Waals surface area (Å²) in [6.45, 7) is 1.83. The Labute approximate surface area is 148 Å². The molecule has 0 unspecified atom stereocenters. The van der Waals surface area contributed by atoms with E-state index in [0.29, 0.717) is 10.0 Å². The Morgan fingerprint density at radius 1 is 1.25 bits per heavy atom. The molecule has 0 aliphatic rings. The molecule has 24 heavy (non-hydrogen) atoms. The molecule has 2 N–H and O–H groups in total. The van der Waals surface area contributed by atoms with Crippen LogP contribution in [0.2, 0.25) is 10.0 Å². The fourth-order valence-corrected chi connectivity index (χ4v) is 2.71. The molecule has 1 amide bonds. The predicted molar refractivity (Wildman–Crippen MR) is 94.6 cm³/mol. The van der Waals surface area contributed by atoms with Crippen LogP contribution in [0.15, 0.2) is 42.5 Å². The van der Waals surface area contributed by atoms with E-state index in [1.54, 1.807) is 24.3 Å². The number of benzene rings is 2. The van der Waals surface area contributed by atoms with E-state index < -0.39 is 4.92 Å². The van der Waals surface area contributed by atoms with Crippen molar-refractivity contribution in [2.45, 2.75) is 13.0 Å². The molecule has 126 valence electrons. The molecule has 0 heterocycles. The third kappa shape index (κ3) is 4.67. The molecule has 0 saturated heterocycles. The van der Waals surface area contributed by atoms with Crippen LogP contribution in [0.5, 0.6) is 0 Å². The summed E-state index contributed by atoms with van der Waals surface area (Å²) >= 11 is 12.0. The fourth-order valence-electron chi connectivity index (χ4n) is 2.14. The largest absolute Gasteiger partial charge is 0.319 e. The summed E-state index contributed by atoms with van der Waals surface area (Å²) in [7, 11) is 0. The highest BCUT2D eigenvalue weighted by Gasteiger charge is 2.16. The number of rotatable bonds is 6. The Kier molecular flexibility index (Phi) is 6.14. The van der Waals surface area contributed by atoms with Crippen molar-refractivity contribution in [3.63, 3.8) is 0 Å². The maximum Gasteiger partial charge on any atom is 0.292 e. The predicted octanol–water partition coefficient (Wildman–Crippen LogP) is 4.19. The van der Waals surface area contributed by atoms with Gasteiger partial charge in [-0.2, -0.15) is 0 Å². The van der Waals surface area contributed by atoms with Gasteiger partial charge in [0, 0.05) is 22.2 Å². The normalized spacial score (nSPS) is 11.8. The van der Waals surface area contributed by atoms with E-state index in [1.165, 1.54) is 18.2 Å². The van der Waals surface area contributed by atoms with Gasteiger partial charge in [-0.25, -0.2) is 0 Å². The topological polar surface area (TPSA) is 84.3 Å². The van der Waals surface area contributed by atoms with Crippen LogP contribution in [-0.4, -0.2) is 17.4 Å². The molecule has 2 aromatic rings. The summed E-state index contributed by atoms with van der Waals surface area (Å²) < 4.78 is 0. The standard InChI is InChI=1S/C16H15Cl2N3O3/c1-10(12-7-6-11(17)8-13(12)18)19-9-16(22)20-14-4-2-3-5-15(14)21(23)24/h2-8,10,19H,9H2,1H3,(H,20,22)/t10-/m0/s1. The molecule has 0 spiro atoms. The Morgan fingerprint density at radius 3 is 2.62 bits per heavy atom. The molecule has 0 fully saturated rings. The number of nitro benzene ring substituents is 1. The van der Waals surface area contributed by atoms with E-state index in [-0.39, 0.29) is 29.9 Å². The van der Waals surface area contributed by atoms with Gasteiger partial charge >= 0.3 is 0 Å². The number of amides is 1. The minimum absolute atomic E-state index is 0.0217. The number of carbonyl (C=O) groups excluding carboxylic acids is 1. The zero-order valence-electron chi connectivity index (χ0n) is 12.8. The summed E-state index contributed by atoms with van der Waals surface area (Å²) in [5.74, 6) is -0.388. The molecular weight excluding hydrogens is 353 g/mol. The van der Waals surface area contributed by atoms with Crippen molar-refractivity contribution < 1.29 is 9.72 Å². The second-order valence-electron chi connectivity index (χ2n) is 5.09. The van der Waals surface area contributed by atoms with Gasteiger partial charge in [0.2, 0.25) is 5.91 Å². The van der Waals surface area contributed by atoms with Crippen molar-refractivity contribution in [3.8, 4) is 0 Å². The first-order valence-corrected chi connectivity index (χ1v) is 7.85. The molecule has 2 rings (SSSR count). The molecule has 0 aromatic heterocycles. The van der Waals surface area contributed by atoms with Gasteiger partial charge in [0.1, 0.15) is 5.69 Å². The first-order valence-electron chi connectivity index (χ1n) is 7.10. The number of halogens is 2. The van der Waals surface area contributed by atoms with Crippen molar-refractivity contribution in [3.05, 3.63) is 68.2 Å². The second kappa shape index (κ2) is 8.10. The molecular formula is C16H15Cl2N3O3. The van der Waals surface area contributed by atoms with Crippen LogP contribution in [0, 0.1) is 10.1 Å². The van der Waals surface area contributed by atoms with Crippen molar-refractivity contribution in [1.82, 2.24) is 5.32 Å². The molecule has 6 nitrogen and oxygen atoms in total. The zero-order valence-corrected chi connectivity index (χ0v) is 14.3. The van der Waals surface area contributed by atoms with Crippen LogP contribution in [0.3, 0.4) is 0 Å². The Bertz CT molecular complexity index is 768. The van der Waals surface area contributed by atoms with Crippen molar-refractivity contribution in [2.75, 3.05) is 11.9 Å². The summed E-state index contributed by atoms with van der Waals surface area (Å²) in [6, 6.07) is 10.9. The number of carbonyl (C=O) groups is 1. The third-order valence-corrected chi connectivity index (χ3v) is 3.94. The molecule has 8 heteroatoms. The van der Waals surface area contributed by atoms with Gasteiger partial charge < -0.3 is 10.6 Å². The monoisotopic (exact) mass is 367 g/mol. The summed E-state index contributed by atoms with van der Waals surface area (Å²) in [6.07, 6.45) is 0. The van der Waals surface area contributed by atoms with Gasteiger partial charge in [-0.3, -0.25) is 14.9 Å². The van der Waals surface area contributed by atoms with E-state index in [9.17, 15) is 14.9 Å². The number of nitro groups is 1. The number of nitrogens with zero attached hydrogens (tertiary/aromatic N) is 1. The third-order valence-electron chi connectivity index (χ3n) is 3.37. The van der Waals surface area contributed by atoms with Crippen LogP contribution in [0.25, 0.3) is 0 Å². The molecule has 2 aromatic carbocycles. The average molecular weight is 368 g/mol. The van der Waals surface area contributed by atoms with Gasteiger partial charge in [-0.15, -0.1) is 0 Å². The number of nitrogens with one attached hydrogen (secondary N) is 2. The maximum absolute atomic E-state index is 12.0. The number of hydrogen-bond acceptors (Lipinski definition) is 4. The minimum Gasteiger partial charge on any atom is -0.319 e. The van der Waals surface area contributed by atoms with E-state index in [0.717, 1.165) is 5.56 Å². The Balaban J connectivity index is 1.97. The number of anilines is 1. The van der Waals surface area contributed by atoms with Gasteiger partial charge in [-0.1, -0.05) is 41.4 Å². The maximum atomic E-state index is 12.0. The van der Waals surface area contributed by atoms with Crippen molar-refractivity contribution in [1.29, 1.82) is 0 Å². The average Bonchev–Trinajstić information content (AvgIpc) is 2.53. The summed E-state index contributed by atoms with van der Waals surface area (Å²) in [5.41, 5.74) is 0.811. The first kappa shape index (κ1) is 18.2. The Hall–Kier alpha value is -2.15. The molecule has 0 bridgehead atoms. The van der Waals surface area contributed by atoms with Crippen LogP contribution < -0.4 is 10.6 Å². The molecule has 0 saturated carbocycles. The van der Waals surface area contributed by atoms with Crippen LogP contribution in [-0.2, 0) is 4.79 Å².